The number of nitrogens with zero attached hydrogens (tertiary/aromatic N) is 1. The van der Waals surface area contributed by atoms with Crippen molar-refractivity contribution < 1.29 is 4.74 Å². The third-order valence-corrected chi connectivity index (χ3v) is 5.62. The van der Waals surface area contributed by atoms with Gasteiger partial charge in [0.1, 0.15) is 5.75 Å². The van der Waals surface area contributed by atoms with Crippen molar-refractivity contribution in [3.63, 3.8) is 0 Å². The summed E-state index contributed by atoms with van der Waals surface area (Å²) >= 11 is 0. The summed E-state index contributed by atoms with van der Waals surface area (Å²) < 4.78 is 5.34. The lowest BCUT2D eigenvalue weighted by Gasteiger charge is -2.26. The SMILES string of the molecule is COc1ccc(C(NC(C)c2ccncc2)c2cccc(NC3=C(N)CC3)c2)cc1. The van der Waals surface area contributed by atoms with Crippen molar-refractivity contribution in [2.24, 2.45) is 5.73 Å². The molecule has 0 bridgehead atoms. The van der Waals surface area contributed by atoms with E-state index in [9.17, 15) is 0 Å². The average Bonchev–Trinajstić information content (AvgIpc) is 2.80. The fourth-order valence-electron chi connectivity index (χ4n) is 3.69. The summed E-state index contributed by atoms with van der Waals surface area (Å²) in [5, 5.41) is 7.26. The molecule has 1 aliphatic rings. The number of benzene rings is 2. The Morgan fingerprint density at radius 3 is 2.33 bits per heavy atom. The first-order valence-electron chi connectivity index (χ1n) is 10.3. The molecule has 4 N–H and O–H groups in total. The molecule has 1 aromatic heterocycles. The molecule has 154 valence electrons. The van der Waals surface area contributed by atoms with E-state index in [4.69, 9.17) is 10.5 Å². The number of nitrogens with one attached hydrogen (secondary N) is 2. The van der Waals surface area contributed by atoms with E-state index < -0.39 is 0 Å². The van der Waals surface area contributed by atoms with Gasteiger partial charge < -0.3 is 15.8 Å². The number of methoxy groups -OCH3 is 1. The summed E-state index contributed by atoms with van der Waals surface area (Å²) in [7, 11) is 1.69. The fraction of sp³-hybridized carbons (Fsp3) is 0.240. The largest absolute Gasteiger partial charge is 0.497 e. The molecular weight excluding hydrogens is 372 g/mol. The maximum absolute atomic E-state index is 6.00. The van der Waals surface area contributed by atoms with Gasteiger partial charge in [-0.1, -0.05) is 24.3 Å². The zero-order valence-electron chi connectivity index (χ0n) is 17.4. The Bertz CT molecular complexity index is 1010. The van der Waals surface area contributed by atoms with Gasteiger partial charge in [0.15, 0.2) is 0 Å². The van der Waals surface area contributed by atoms with Crippen LogP contribution in [0.1, 0.15) is 48.5 Å². The molecule has 0 fully saturated rings. The maximum Gasteiger partial charge on any atom is 0.118 e. The van der Waals surface area contributed by atoms with Crippen LogP contribution in [-0.2, 0) is 0 Å². The number of hydrogen-bond acceptors (Lipinski definition) is 5. The lowest BCUT2D eigenvalue weighted by atomic mass is 9.95. The van der Waals surface area contributed by atoms with Crippen LogP contribution in [0.3, 0.4) is 0 Å². The Morgan fingerprint density at radius 1 is 0.933 bits per heavy atom. The fourth-order valence-corrected chi connectivity index (χ4v) is 3.69. The molecule has 1 heterocycles. The number of nitrogens with two attached hydrogens (primary N) is 1. The number of allylic oxidation sites excluding steroid dienone is 2. The van der Waals surface area contributed by atoms with Crippen LogP contribution in [0.15, 0.2) is 84.5 Å². The predicted octanol–water partition coefficient (Wildman–Crippen LogP) is 4.91. The highest BCUT2D eigenvalue weighted by Gasteiger charge is 2.19. The third kappa shape index (κ3) is 4.47. The number of pyridine rings is 1. The van der Waals surface area contributed by atoms with Crippen molar-refractivity contribution in [3.05, 3.63) is 101 Å². The van der Waals surface area contributed by atoms with Crippen molar-refractivity contribution in [3.8, 4) is 5.75 Å². The number of ether oxygens (including phenoxy) is 1. The number of rotatable bonds is 8. The van der Waals surface area contributed by atoms with Gasteiger partial charge in [-0.3, -0.25) is 10.3 Å². The topological polar surface area (TPSA) is 72.2 Å². The lowest BCUT2D eigenvalue weighted by Crippen LogP contribution is -2.26. The summed E-state index contributed by atoms with van der Waals surface area (Å²) in [6.07, 6.45) is 5.64. The molecule has 5 heteroatoms. The molecule has 2 atom stereocenters. The minimum absolute atomic E-state index is 0.0218. The summed E-state index contributed by atoms with van der Waals surface area (Å²) in [6.45, 7) is 2.17. The van der Waals surface area contributed by atoms with Crippen molar-refractivity contribution in [1.82, 2.24) is 10.3 Å². The molecule has 4 rings (SSSR count). The quantitative estimate of drug-likeness (QED) is 0.501. The van der Waals surface area contributed by atoms with E-state index in [0.29, 0.717) is 0 Å². The van der Waals surface area contributed by atoms with E-state index in [-0.39, 0.29) is 12.1 Å². The van der Waals surface area contributed by atoms with E-state index in [0.717, 1.165) is 35.7 Å². The van der Waals surface area contributed by atoms with E-state index in [1.807, 2.05) is 36.7 Å². The van der Waals surface area contributed by atoms with Crippen molar-refractivity contribution in [2.75, 3.05) is 12.4 Å². The Labute approximate surface area is 178 Å². The van der Waals surface area contributed by atoms with Crippen molar-refractivity contribution >= 4 is 5.69 Å². The highest BCUT2D eigenvalue weighted by Crippen LogP contribution is 2.31. The van der Waals surface area contributed by atoms with Crippen LogP contribution in [0.2, 0.25) is 0 Å². The summed E-state index contributed by atoms with van der Waals surface area (Å²) in [5.74, 6) is 0.850. The lowest BCUT2D eigenvalue weighted by molar-refractivity contribution is 0.414. The van der Waals surface area contributed by atoms with Crippen LogP contribution >= 0.6 is 0 Å². The predicted molar refractivity (Wildman–Crippen MR) is 121 cm³/mol. The van der Waals surface area contributed by atoms with Gasteiger partial charge in [-0.15, -0.1) is 0 Å². The van der Waals surface area contributed by atoms with Gasteiger partial charge in [-0.2, -0.15) is 0 Å². The summed E-state index contributed by atoms with van der Waals surface area (Å²) in [5.41, 5.74) is 12.7. The number of aromatic nitrogens is 1. The van der Waals surface area contributed by atoms with E-state index in [1.165, 1.54) is 16.7 Å². The van der Waals surface area contributed by atoms with Crippen molar-refractivity contribution in [2.45, 2.75) is 31.8 Å². The molecule has 30 heavy (non-hydrogen) atoms. The van der Waals surface area contributed by atoms with Crippen molar-refractivity contribution in [1.29, 1.82) is 0 Å². The van der Waals surface area contributed by atoms with Gasteiger partial charge in [-0.05, 0) is 72.9 Å². The molecule has 0 amide bonds. The van der Waals surface area contributed by atoms with Crippen LogP contribution in [0.5, 0.6) is 5.75 Å². The Morgan fingerprint density at radius 2 is 1.70 bits per heavy atom. The number of hydrogen-bond donors (Lipinski definition) is 3. The molecule has 0 radical (unpaired) electrons. The molecule has 0 aliphatic heterocycles. The second kappa shape index (κ2) is 9.01. The van der Waals surface area contributed by atoms with Crippen LogP contribution in [0.25, 0.3) is 0 Å². The molecule has 0 saturated carbocycles. The van der Waals surface area contributed by atoms with Gasteiger partial charge >= 0.3 is 0 Å². The van der Waals surface area contributed by atoms with Gasteiger partial charge in [-0.25, -0.2) is 0 Å². The Hall–Kier alpha value is -3.31. The number of anilines is 1. The van der Waals surface area contributed by atoms with Gasteiger partial charge in [0.2, 0.25) is 0 Å². The molecule has 2 aromatic carbocycles. The zero-order valence-corrected chi connectivity index (χ0v) is 17.4. The molecule has 0 spiro atoms. The van der Waals surface area contributed by atoms with Crippen LogP contribution in [-0.4, -0.2) is 12.1 Å². The van der Waals surface area contributed by atoms with Gasteiger partial charge in [0.25, 0.3) is 0 Å². The summed E-state index contributed by atoms with van der Waals surface area (Å²) in [6, 6.07) is 21.0. The van der Waals surface area contributed by atoms with E-state index in [2.05, 4.69) is 58.9 Å². The molecular formula is C25H28N4O. The second-order valence-corrected chi connectivity index (χ2v) is 7.63. The first-order valence-corrected chi connectivity index (χ1v) is 10.3. The highest BCUT2D eigenvalue weighted by molar-refractivity contribution is 5.54. The monoisotopic (exact) mass is 400 g/mol. The zero-order chi connectivity index (χ0) is 20.9. The van der Waals surface area contributed by atoms with Gasteiger partial charge in [0.05, 0.1) is 13.2 Å². The molecule has 5 nitrogen and oxygen atoms in total. The average molecular weight is 401 g/mol. The smallest absolute Gasteiger partial charge is 0.118 e. The molecule has 1 aliphatic carbocycles. The van der Waals surface area contributed by atoms with Crippen LogP contribution in [0, 0.1) is 0 Å². The Balaban J connectivity index is 1.65. The molecule has 0 saturated heterocycles. The third-order valence-electron chi connectivity index (χ3n) is 5.62. The molecule has 2 unspecified atom stereocenters. The van der Waals surface area contributed by atoms with Crippen LogP contribution < -0.4 is 21.1 Å². The highest BCUT2D eigenvalue weighted by atomic mass is 16.5. The first kappa shape index (κ1) is 20.0. The molecule has 3 aromatic rings. The standard InChI is InChI=1S/C25H28N4O/c1-17(18-12-14-27-15-13-18)28-25(19-6-8-22(30-2)9-7-19)20-4-3-5-21(16-20)29-24-11-10-23(24)26/h3-9,12-17,25,28-29H,10-11,26H2,1-2H3. The first-order chi connectivity index (χ1) is 14.6. The van der Waals surface area contributed by atoms with E-state index >= 15 is 0 Å². The Kier molecular flexibility index (Phi) is 6.00. The maximum atomic E-state index is 6.00. The summed E-state index contributed by atoms with van der Waals surface area (Å²) in [4.78, 5) is 4.14. The minimum Gasteiger partial charge on any atom is -0.497 e. The normalized spacial score (nSPS) is 15.3. The van der Waals surface area contributed by atoms with Gasteiger partial charge in [0, 0.05) is 35.5 Å². The minimum atomic E-state index is 0.0218. The van der Waals surface area contributed by atoms with E-state index in [1.54, 1.807) is 7.11 Å². The second-order valence-electron chi connectivity index (χ2n) is 7.63. The van der Waals surface area contributed by atoms with Crippen LogP contribution in [0.4, 0.5) is 5.69 Å².